The summed E-state index contributed by atoms with van der Waals surface area (Å²) in [7, 11) is 1.59. The zero-order chi connectivity index (χ0) is 98.9. The van der Waals surface area contributed by atoms with Gasteiger partial charge >= 0.3 is 22.8 Å². The first kappa shape index (κ1) is 98.3. The zero-order valence-corrected chi connectivity index (χ0v) is 82.8. The van der Waals surface area contributed by atoms with Gasteiger partial charge in [-0.2, -0.15) is 0 Å². The van der Waals surface area contributed by atoms with Crippen LogP contribution in [0.2, 0.25) is 0 Å². The Kier molecular flexibility index (Phi) is 31.6. The number of amides is 1. The third-order valence-corrected chi connectivity index (χ3v) is 27.7. The van der Waals surface area contributed by atoms with Gasteiger partial charge in [-0.15, -0.1) is 50.6 Å². The molecule has 6 N–H and O–H groups in total. The minimum Gasteiger partial charge on any atom is -0.497 e. The van der Waals surface area contributed by atoms with E-state index < -0.39 is 28.8 Å². The van der Waals surface area contributed by atoms with Crippen LogP contribution in [-0.4, -0.2) is 211 Å². The molecule has 1 unspecified atom stereocenters. The number of ether oxygens (including phenoxy) is 11. The van der Waals surface area contributed by atoms with Crippen LogP contribution >= 0.6 is 34.0 Å². The number of thiazole rings is 3. The average Bonchev–Trinajstić information content (AvgIpc) is 1.60. The lowest BCUT2D eigenvalue weighted by Crippen LogP contribution is -2.47. The van der Waals surface area contributed by atoms with Gasteiger partial charge in [-0.3, -0.25) is 24.8 Å². The molecule has 144 heavy (non-hydrogen) atoms. The molecular weight excluding hydrogens is 1900 g/mol. The smallest absolute Gasteiger partial charge is 0.346 e. The van der Waals surface area contributed by atoms with Gasteiger partial charge in [-0.25, -0.2) is 34.1 Å². The molecule has 0 saturated carbocycles. The normalized spacial score (nSPS) is 14.1. The van der Waals surface area contributed by atoms with E-state index >= 15 is 0 Å². The Hall–Kier alpha value is -14.5. The largest absolute Gasteiger partial charge is 0.497 e. The summed E-state index contributed by atoms with van der Waals surface area (Å²) in [5, 5.41) is 15.2. The van der Waals surface area contributed by atoms with Crippen molar-refractivity contribution in [2.24, 2.45) is 0 Å². The number of nitrogens with one attached hydrogen (secondary N) is 6. The number of para-hydroxylation sites is 3. The number of hydrazine groups is 6. The van der Waals surface area contributed by atoms with Crippen LogP contribution < -0.4 is 83.3 Å². The number of rotatable bonds is 49. The Morgan fingerprint density at radius 1 is 0.465 bits per heavy atom. The molecule has 1 saturated heterocycles. The topological polar surface area (TPSA) is 360 Å². The summed E-state index contributed by atoms with van der Waals surface area (Å²) in [4.78, 5) is 88.6. The number of methoxy groups -OCH3 is 1. The molecule has 0 radical (unpaired) electrons. The van der Waals surface area contributed by atoms with Gasteiger partial charge in [0.15, 0.2) is 11.5 Å². The van der Waals surface area contributed by atoms with Crippen LogP contribution in [0.1, 0.15) is 66.5 Å². The third-order valence-electron chi connectivity index (χ3n) is 24.5. The summed E-state index contributed by atoms with van der Waals surface area (Å²) < 4.78 is 87.6. The van der Waals surface area contributed by atoms with Crippen LogP contribution in [0.5, 0.6) is 23.0 Å². The van der Waals surface area contributed by atoms with E-state index in [1.807, 2.05) is 185 Å². The van der Waals surface area contributed by atoms with Crippen molar-refractivity contribution in [3.63, 3.8) is 0 Å². The number of hydrogen-bond donors (Lipinski definition) is 6. The molecule has 746 valence electrons. The molecule has 0 bridgehead atoms. The highest BCUT2D eigenvalue weighted by Gasteiger charge is 2.38. The zero-order valence-electron chi connectivity index (χ0n) is 80.3. The van der Waals surface area contributed by atoms with Crippen LogP contribution in [0.4, 0.5) is 17.1 Å². The first-order valence-electron chi connectivity index (χ1n) is 47.7. The molecule has 19 rings (SSSR count). The first-order valence-corrected chi connectivity index (χ1v) is 50.2. The molecule has 15 aromatic rings. The second-order valence-electron chi connectivity index (χ2n) is 35.0. The molecule has 4 aliphatic rings. The number of fused-ring (bicyclic) bond motifs is 7. The second kappa shape index (κ2) is 46.2. The molecule has 6 aromatic heterocycles. The maximum absolute atomic E-state index is 14.5. The van der Waals surface area contributed by atoms with Crippen molar-refractivity contribution in [3.05, 3.63) is 295 Å². The molecule has 35 nitrogen and oxygen atoms in total. The Bertz CT molecular complexity index is 7030. The van der Waals surface area contributed by atoms with Gasteiger partial charge < -0.3 is 96.2 Å². The summed E-state index contributed by atoms with van der Waals surface area (Å²) in [6, 6.07) is 64.2. The van der Waals surface area contributed by atoms with E-state index in [0.717, 1.165) is 92.1 Å². The lowest BCUT2D eigenvalue weighted by Gasteiger charge is -2.30. The molecule has 1 amide bonds. The van der Waals surface area contributed by atoms with Gasteiger partial charge in [0.05, 0.1) is 196 Å². The van der Waals surface area contributed by atoms with Gasteiger partial charge in [0.1, 0.15) is 70.1 Å². The summed E-state index contributed by atoms with van der Waals surface area (Å²) in [6.07, 6.45) is 6.00. The highest BCUT2D eigenvalue weighted by molar-refractivity contribution is 7.22. The number of carbonyl (C=O) groups excluding carboxylic acids is 2. The van der Waals surface area contributed by atoms with E-state index in [4.69, 9.17) is 80.3 Å². The van der Waals surface area contributed by atoms with Crippen LogP contribution in [0.25, 0.3) is 95.3 Å². The second-order valence-corrected chi connectivity index (χ2v) is 38.0. The Morgan fingerprint density at radius 3 is 1.35 bits per heavy atom. The summed E-state index contributed by atoms with van der Waals surface area (Å²) in [5.41, 5.74) is 28.2. The number of anilines is 3. The van der Waals surface area contributed by atoms with Crippen LogP contribution in [0, 0.1) is 0 Å². The van der Waals surface area contributed by atoms with E-state index in [9.17, 15) is 24.0 Å². The van der Waals surface area contributed by atoms with Crippen LogP contribution in [0.3, 0.4) is 0 Å². The maximum atomic E-state index is 14.5. The summed E-state index contributed by atoms with van der Waals surface area (Å²) >= 11 is 4.39. The van der Waals surface area contributed by atoms with E-state index in [0.29, 0.717) is 125 Å². The van der Waals surface area contributed by atoms with Gasteiger partial charge in [0.25, 0.3) is 5.91 Å². The van der Waals surface area contributed by atoms with Gasteiger partial charge in [0, 0.05) is 94.2 Å². The Labute approximate surface area is 840 Å². The molecule has 1 atom stereocenters. The van der Waals surface area contributed by atoms with Gasteiger partial charge in [-0.1, -0.05) is 60.7 Å². The molecule has 4 aliphatic heterocycles. The number of hydrogen-bond acceptors (Lipinski definition) is 37. The standard InChI is InChI=1S/C106H110N16O19S3/c1-67(2)119(79-28-25-73-51-84(104(125)139-90(73)56-79)100-108-87-13-7-10-16-95(87)142-100)62-77-60-116(113-111-77)33-36-129-39-42-132-45-48-135-93-54-76(99(123)107-59-70-19-23-72(24-20-70)103(124)138-66-71-21-31-83(128-6)32-22-71)55-94(136-49-46-133-43-40-130-37-34-117-61-78(112-114-117)63-120(68(3)4)80-29-26-74-52-85(105(126)140-91(74)57-80)101-109-88-14-8-11-17-96(88)143-101)98(93)137-50-47-134-44-41-131-38-35-118-64-82-65-121(69(5)122(82)115-118)81-30-27-75-53-86(106(127)141-92(75)58-81)102-110-89-15-9-12-18-97(89)144-102/h7-32,51-58,60-61,64,67-69,111-115H,33-50,59,62-63,65-66H2,1-6H3,(H,107,123). The maximum Gasteiger partial charge on any atom is 0.346 e. The van der Waals surface area contributed by atoms with Gasteiger partial charge in [0.2, 0.25) is 5.75 Å². The molecule has 10 heterocycles. The Morgan fingerprint density at radius 2 is 0.896 bits per heavy atom. The highest BCUT2D eigenvalue weighted by Crippen LogP contribution is 2.42. The number of aromatic nitrogens is 3. The quantitative estimate of drug-likeness (QED) is 0.0117. The van der Waals surface area contributed by atoms with Gasteiger partial charge in [-0.05, 0) is 173 Å². The van der Waals surface area contributed by atoms with Crippen molar-refractivity contribution in [2.75, 3.05) is 160 Å². The molecule has 38 heteroatoms. The third kappa shape index (κ3) is 24.0. The van der Waals surface area contributed by atoms with Crippen molar-refractivity contribution >= 4 is 127 Å². The molecule has 0 aliphatic carbocycles. The summed E-state index contributed by atoms with van der Waals surface area (Å²) in [6.45, 7) is 17.4. The van der Waals surface area contributed by atoms with Crippen LogP contribution in [0.15, 0.2) is 270 Å². The average molecular weight is 2010 g/mol. The van der Waals surface area contributed by atoms with E-state index in [1.54, 1.807) is 55.6 Å². The van der Waals surface area contributed by atoms with E-state index in [-0.39, 0.29) is 127 Å². The molecule has 0 spiro atoms. The fourth-order valence-corrected chi connectivity index (χ4v) is 19.8. The predicted molar refractivity (Wildman–Crippen MR) is 555 cm³/mol. The lowest BCUT2D eigenvalue weighted by molar-refractivity contribution is 0.0201. The fourth-order valence-electron chi connectivity index (χ4n) is 16.9. The predicted octanol–water partition coefficient (Wildman–Crippen LogP) is 15.3. The number of esters is 1. The van der Waals surface area contributed by atoms with Crippen molar-refractivity contribution in [1.29, 1.82) is 0 Å². The van der Waals surface area contributed by atoms with Crippen molar-refractivity contribution in [3.8, 4) is 54.7 Å². The van der Waals surface area contributed by atoms with E-state index in [1.165, 1.54) is 34.0 Å². The first-order chi connectivity index (χ1) is 70.4. The van der Waals surface area contributed by atoms with Crippen LogP contribution in [-0.2, 0) is 46.3 Å². The van der Waals surface area contributed by atoms with Crippen molar-refractivity contribution < 1.29 is 74.9 Å². The fraction of sp³-hybridized carbons (Fsp3) is 0.302. The lowest BCUT2D eigenvalue weighted by atomic mass is 10.1. The monoisotopic (exact) mass is 2010 g/mol. The Balaban J connectivity index is 0.465. The molecule has 1 fully saturated rings. The number of nitrogens with zero attached hydrogens (tertiary/aromatic N) is 10. The molecular formula is C106H110N16O19S3. The van der Waals surface area contributed by atoms with Crippen molar-refractivity contribution in [2.45, 2.75) is 66.0 Å². The van der Waals surface area contributed by atoms with Crippen molar-refractivity contribution in [1.82, 2.24) is 67.8 Å². The highest BCUT2D eigenvalue weighted by atomic mass is 32.1. The minimum absolute atomic E-state index is 0.0422. The summed E-state index contributed by atoms with van der Waals surface area (Å²) in [5.74, 6) is 0.371. The number of benzene rings is 9. The molecule has 9 aromatic carbocycles. The number of carbonyl (C=O) groups is 2. The van der Waals surface area contributed by atoms with E-state index in [2.05, 4.69) is 93.3 Å². The SMILES string of the molecule is COc1ccc(COC(=O)c2ccc(CNC(=O)c3cc(OCCOCCOCCN4C=C(CN(c5ccc6cc(-c7nc8ccccc8s7)c(=O)oc6c5)C(C)C)NN4)c(OCCOCCOCCN4C=C5CN(c6ccc7cc(-c8nc9ccccc9s8)c(=O)oc7c6)C(C)N5N4)c(OCCOCCOCCN4C=C(CN(c5ccc6cc(-c7nc8ccccc8s7)c(=O)oc6c5)C(C)C)NN4)c3)cc2)cc1. The minimum atomic E-state index is -0.499.